The van der Waals surface area contributed by atoms with E-state index >= 15 is 0 Å². The summed E-state index contributed by atoms with van der Waals surface area (Å²) >= 11 is 5.40. The SMILES string of the molecule is COC1Cc2[nH]c(=S)n(Cc3ccccn3)c(=O)c2C=C1c1cnco1. The molecule has 4 rings (SSSR count). The molecule has 0 radical (unpaired) electrons. The van der Waals surface area contributed by atoms with Gasteiger partial charge in [0, 0.05) is 31.0 Å². The number of aromatic nitrogens is 4. The van der Waals surface area contributed by atoms with Crippen molar-refractivity contribution in [1.29, 1.82) is 0 Å². The van der Waals surface area contributed by atoms with Crippen molar-refractivity contribution in [2.24, 2.45) is 0 Å². The van der Waals surface area contributed by atoms with Crippen LogP contribution in [0.25, 0.3) is 11.6 Å². The van der Waals surface area contributed by atoms with E-state index in [-0.39, 0.29) is 11.7 Å². The van der Waals surface area contributed by atoms with Crippen molar-refractivity contribution in [3.05, 3.63) is 74.8 Å². The molecule has 0 bridgehead atoms. The van der Waals surface area contributed by atoms with Crippen LogP contribution in [0.1, 0.15) is 22.7 Å². The number of nitrogens with one attached hydrogen (secondary N) is 1. The van der Waals surface area contributed by atoms with Crippen molar-refractivity contribution in [1.82, 2.24) is 19.5 Å². The lowest BCUT2D eigenvalue weighted by Crippen LogP contribution is -2.31. The van der Waals surface area contributed by atoms with Gasteiger partial charge in [0.1, 0.15) is 0 Å². The minimum absolute atomic E-state index is 0.166. The summed E-state index contributed by atoms with van der Waals surface area (Å²) in [7, 11) is 1.62. The Labute approximate surface area is 154 Å². The molecule has 26 heavy (non-hydrogen) atoms. The zero-order chi connectivity index (χ0) is 18.1. The highest BCUT2D eigenvalue weighted by Crippen LogP contribution is 2.30. The summed E-state index contributed by atoms with van der Waals surface area (Å²) in [5.41, 5.74) is 2.69. The second-order valence-electron chi connectivity index (χ2n) is 5.93. The van der Waals surface area contributed by atoms with Gasteiger partial charge in [0.2, 0.25) is 0 Å². The molecule has 0 aromatic carbocycles. The smallest absolute Gasteiger partial charge is 0.262 e. The van der Waals surface area contributed by atoms with Crippen molar-refractivity contribution < 1.29 is 9.15 Å². The molecule has 1 aliphatic carbocycles. The molecule has 3 aromatic heterocycles. The standard InChI is InChI=1S/C18H16N4O3S/c1-24-15-7-14-12(6-13(15)16-8-19-10-25-16)17(23)22(18(26)21-14)9-11-4-2-3-5-20-11/h2-6,8,10,15H,7,9H2,1H3,(H,21,26). The van der Waals surface area contributed by atoms with Crippen LogP contribution in [0.2, 0.25) is 0 Å². The minimum atomic E-state index is -0.243. The summed E-state index contributed by atoms with van der Waals surface area (Å²) in [5, 5.41) is 0. The highest BCUT2D eigenvalue weighted by atomic mass is 32.1. The lowest BCUT2D eigenvalue weighted by Gasteiger charge is -2.23. The van der Waals surface area contributed by atoms with Crippen LogP contribution >= 0.6 is 12.2 Å². The number of aromatic amines is 1. The zero-order valence-corrected chi connectivity index (χ0v) is 14.8. The number of hydrogen-bond donors (Lipinski definition) is 1. The number of oxazole rings is 1. The number of hydrogen-bond acceptors (Lipinski definition) is 6. The summed E-state index contributed by atoms with van der Waals surface area (Å²) in [6.07, 6.45) is 6.71. The van der Waals surface area contributed by atoms with Gasteiger partial charge in [-0.05, 0) is 30.4 Å². The van der Waals surface area contributed by atoms with Gasteiger partial charge in [0.05, 0.1) is 30.1 Å². The number of ether oxygens (including phenoxy) is 1. The van der Waals surface area contributed by atoms with E-state index in [4.69, 9.17) is 21.4 Å². The van der Waals surface area contributed by atoms with Crippen LogP contribution < -0.4 is 5.56 Å². The highest BCUT2D eigenvalue weighted by molar-refractivity contribution is 7.71. The normalized spacial score (nSPS) is 16.2. The van der Waals surface area contributed by atoms with Gasteiger partial charge in [-0.15, -0.1) is 0 Å². The first kappa shape index (κ1) is 16.6. The molecule has 3 aromatic rings. The Morgan fingerprint density at radius 1 is 1.46 bits per heavy atom. The minimum Gasteiger partial charge on any atom is -0.444 e. The maximum atomic E-state index is 13.1. The molecule has 1 N–H and O–H groups in total. The number of H-pyrrole nitrogens is 1. The summed E-state index contributed by atoms with van der Waals surface area (Å²) in [6.45, 7) is 0.307. The molecule has 8 heteroatoms. The third-order valence-corrected chi connectivity index (χ3v) is 4.71. The molecule has 7 nitrogen and oxygen atoms in total. The Kier molecular flexibility index (Phi) is 4.36. The molecule has 132 valence electrons. The lowest BCUT2D eigenvalue weighted by atomic mass is 9.93. The van der Waals surface area contributed by atoms with E-state index in [2.05, 4.69) is 15.0 Å². The maximum absolute atomic E-state index is 13.1. The Morgan fingerprint density at radius 2 is 2.35 bits per heavy atom. The van der Waals surface area contributed by atoms with Crippen LogP contribution in [-0.4, -0.2) is 32.7 Å². The predicted molar refractivity (Wildman–Crippen MR) is 98.1 cm³/mol. The fourth-order valence-electron chi connectivity index (χ4n) is 3.08. The van der Waals surface area contributed by atoms with Crippen LogP contribution in [0, 0.1) is 4.77 Å². The molecule has 0 spiro atoms. The van der Waals surface area contributed by atoms with Gasteiger partial charge in [-0.25, -0.2) is 4.98 Å². The van der Waals surface area contributed by atoms with Crippen molar-refractivity contribution in [2.45, 2.75) is 19.1 Å². The number of methoxy groups -OCH3 is 1. The number of pyridine rings is 1. The summed E-state index contributed by atoms with van der Waals surface area (Å²) < 4.78 is 12.8. The molecule has 0 aliphatic heterocycles. The molecule has 0 amide bonds. The first-order chi connectivity index (χ1) is 12.7. The molecule has 3 heterocycles. The topological polar surface area (TPSA) is 85.9 Å². The zero-order valence-electron chi connectivity index (χ0n) is 14.0. The quantitative estimate of drug-likeness (QED) is 0.712. The van der Waals surface area contributed by atoms with Crippen LogP contribution in [0.15, 0.2) is 46.2 Å². The fourth-order valence-corrected chi connectivity index (χ4v) is 3.35. The van der Waals surface area contributed by atoms with E-state index in [1.165, 1.54) is 11.0 Å². The molecule has 1 unspecified atom stereocenters. The molecule has 1 aliphatic rings. The summed E-state index contributed by atoms with van der Waals surface area (Å²) in [6, 6.07) is 5.57. The third kappa shape index (κ3) is 2.93. The van der Waals surface area contributed by atoms with E-state index in [9.17, 15) is 4.79 Å². The fraction of sp³-hybridized carbons (Fsp3) is 0.222. The van der Waals surface area contributed by atoms with Crippen molar-refractivity contribution in [2.75, 3.05) is 7.11 Å². The third-order valence-electron chi connectivity index (χ3n) is 4.39. The van der Waals surface area contributed by atoms with Crippen molar-refractivity contribution in [3.8, 4) is 0 Å². The lowest BCUT2D eigenvalue weighted by molar-refractivity contribution is 0.146. The van der Waals surface area contributed by atoms with Gasteiger partial charge in [-0.3, -0.25) is 14.3 Å². The van der Waals surface area contributed by atoms with Gasteiger partial charge < -0.3 is 14.1 Å². The number of rotatable bonds is 4. The first-order valence-electron chi connectivity index (χ1n) is 8.06. The predicted octanol–water partition coefficient (Wildman–Crippen LogP) is 2.45. The van der Waals surface area contributed by atoms with E-state index in [1.807, 2.05) is 18.2 Å². The van der Waals surface area contributed by atoms with Crippen LogP contribution in [0.5, 0.6) is 0 Å². The molecule has 0 saturated carbocycles. The largest absolute Gasteiger partial charge is 0.444 e. The van der Waals surface area contributed by atoms with E-state index in [0.717, 1.165) is 17.0 Å². The monoisotopic (exact) mass is 368 g/mol. The molecular weight excluding hydrogens is 352 g/mol. The van der Waals surface area contributed by atoms with E-state index in [1.54, 1.807) is 25.6 Å². The molecule has 1 atom stereocenters. The van der Waals surface area contributed by atoms with E-state index in [0.29, 0.717) is 29.1 Å². The second kappa shape index (κ2) is 6.81. The van der Waals surface area contributed by atoms with Crippen LogP contribution in [-0.2, 0) is 17.7 Å². The summed E-state index contributed by atoms with van der Waals surface area (Å²) in [5.74, 6) is 0.584. The van der Waals surface area contributed by atoms with Crippen LogP contribution in [0.4, 0.5) is 0 Å². The summed E-state index contributed by atoms with van der Waals surface area (Å²) in [4.78, 5) is 24.5. The Bertz CT molecular complexity index is 1070. The van der Waals surface area contributed by atoms with Gasteiger partial charge in [-0.1, -0.05) is 6.07 Å². The number of nitrogens with zero attached hydrogens (tertiary/aromatic N) is 3. The van der Waals surface area contributed by atoms with Gasteiger partial charge >= 0.3 is 0 Å². The molecule has 0 saturated heterocycles. The Balaban J connectivity index is 1.84. The van der Waals surface area contributed by atoms with E-state index < -0.39 is 0 Å². The van der Waals surface area contributed by atoms with Gasteiger partial charge in [0.15, 0.2) is 16.9 Å². The molecular formula is C18H16N4O3S. The average molecular weight is 368 g/mol. The Hall–Kier alpha value is -2.84. The van der Waals surface area contributed by atoms with Gasteiger partial charge in [0.25, 0.3) is 5.56 Å². The second-order valence-corrected chi connectivity index (χ2v) is 6.32. The highest BCUT2D eigenvalue weighted by Gasteiger charge is 2.27. The molecule has 0 fully saturated rings. The first-order valence-corrected chi connectivity index (χ1v) is 8.47. The Morgan fingerprint density at radius 3 is 3.04 bits per heavy atom. The van der Waals surface area contributed by atoms with Gasteiger partial charge in [-0.2, -0.15) is 0 Å². The van der Waals surface area contributed by atoms with Crippen molar-refractivity contribution in [3.63, 3.8) is 0 Å². The van der Waals surface area contributed by atoms with Crippen LogP contribution in [0.3, 0.4) is 0 Å². The maximum Gasteiger partial charge on any atom is 0.262 e. The van der Waals surface area contributed by atoms with Crippen molar-refractivity contribution >= 4 is 23.9 Å². The average Bonchev–Trinajstić information content (AvgIpc) is 3.19. The number of fused-ring (bicyclic) bond motifs is 1.